The maximum Gasteiger partial charge on any atom is 0.350 e. The van der Waals surface area contributed by atoms with Crippen LogP contribution in [0.3, 0.4) is 0 Å². The summed E-state index contributed by atoms with van der Waals surface area (Å²) in [6.07, 6.45) is 0. The predicted molar refractivity (Wildman–Crippen MR) is 125 cm³/mol. The number of hydrogen-bond donors (Lipinski definition) is 1. The molecule has 0 spiro atoms. The summed E-state index contributed by atoms with van der Waals surface area (Å²) >= 11 is 4.72. The number of esters is 1. The summed E-state index contributed by atoms with van der Waals surface area (Å²) in [5.41, 5.74) is 10.5. The molecule has 0 unspecified atom stereocenters. The molecule has 0 aliphatic carbocycles. The minimum atomic E-state index is -0.427. The van der Waals surface area contributed by atoms with E-state index in [0.29, 0.717) is 15.4 Å². The molecule has 5 nitrogen and oxygen atoms in total. The van der Waals surface area contributed by atoms with Crippen LogP contribution in [0.2, 0.25) is 0 Å². The summed E-state index contributed by atoms with van der Waals surface area (Å²) in [7, 11) is 1.63. The van der Waals surface area contributed by atoms with E-state index >= 15 is 0 Å². The molecule has 0 radical (unpaired) electrons. The van der Waals surface area contributed by atoms with Crippen molar-refractivity contribution in [1.82, 2.24) is 4.98 Å². The molecule has 152 valence electrons. The van der Waals surface area contributed by atoms with Gasteiger partial charge in [-0.1, -0.05) is 40.2 Å². The minimum Gasteiger partial charge on any atom is -0.497 e. The second-order valence-corrected chi connectivity index (χ2v) is 8.45. The Morgan fingerprint density at radius 2 is 1.77 bits per heavy atom. The molecule has 2 aromatic carbocycles. The van der Waals surface area contributed by atoms with E-state index < -0.39 is 5.97 Å². The molecule has 0 saturated carbocycles. The van der Waals surface area contributed by atoms with Gasteiger partial charge in [-0.25, -0.2) is 9.78 Å². The Bertz CT molecular complexity index is 1220. The summed E-state index contributed by atoms with van der Waals surface area (Å²) in [6, 6.07) is 17.7. The van der Waals surface area contributed by atoms with Gasteiger partial charge in [0.1, 0.15) is 15.5 Å². The molecule has 0 aliphatic rings. The van der Waals surface area contributed by atoms with Crippen LogP contribution in [0.25, 0.3) is 32.6 Å². The number of carbonyl (C=O) groups is 1. The molecule has 2 heterocycles. The number of nitrogens with zero attached hydrogens (tertiary/aromatic N) is 1. The summed E-state index contributed by atoms with van der Waals surface area (Å²) < 4.78 is 11.5. The van der Waals surface area contributed by atoms with Gasteiger partial charge in [0, 0.05) is 15.4 Å². The third kappa shape index (κ3) is 3.78. The number of fused-ring (bicyclic) bond motifs is 1. The number of ether oxygens (including phenoxy) is 2. The van der Waals surface area contributed by atoms with Crippen molar-refractivity contribution >= 4 is 49.1 Å². The van der Waals surface area contributed by atoms with E-state index in [9.17, 15) is 4.79 Å². The van der Waals surface area contributed by atoms with E-state index in [4.69, 9.17) is 20.2 Å². The summed E-state index contributed by atoms with van der Waals surface area (Å²) in [6.45, 7) is 2.06. The smallest absolute Gasteiger partial charge is 0.350 e. The van der Waals surface area contributed by atoms with Crippen molar-refractivity contribution in [3.63, 3.8) is 0 Å². The van der Waals surface area contributed by atoms with Crippen molar-refractivity contribution < 1.29 is 14.3 Å². The number of methoxy groups -OCH3 is 1. The van der Waals surface area contributed by atoms with Gasteiger partial charge in [0.25, 0.3) is 0 Å². The molecule has 4 aromatic rings. The second-order valence-electron chi connectivity index (χ2n) is 6.54. The van der Waals surface area contributed by atoms with Gasteiger partial charge in [-0.05, 0) is 48.4 Å². The summed E-state index contributed by atoms with van der Waals surface area (Å²) in [5, 5.41) is 0.758. The SMILES string of the molecule is CCOC(=O)c1sc2nc(-c3ccc(Br)cc3)cc(-c3ccc(OC)cc3)c2c1N. The maximum absolute atomic E-state index is 12.4. The normalized spacial score (nSPS) is 10.9. The van der Waals surface area contributed by atoms with Crippen LogP contribution in [0.5, 0.6) is 5.75 Å². The Morgan fingerprint density at radius 1 is 1.10 bits per heavy atom. The molecule has 30 heavy (non-hydrogen) atoms. The molecule has 0 saturated heterocycles. The van der Waals surface area contributed by atoms with Crippen LogP contribution >= 0.6 is 27.3 Å². The van der Waals surface area contributed by atoms with Crippen LogP contribution in [0.4, 0.5) is 5.69 Å². The lowest BCUT2D eigenvalue weighted by molar-refractivity contribution is 0.0533. The number of halogens is 1. The van der Waals surface area contributed by atoms with Crippen LogP contribution in [0.15, 0.2) is 59.1 Å². The van der Waals surface area contributed by atoms with E-state index in [0.717, 1.165) is 38.0 Å². The average Bonchev–Trinajstić information content (AvgIpc) is 3.10. The molecule has 0 bridgehead atoms. The van der Waals surface area contributed by atoms with Gasteiger partial charge in [-0.3, -0.25) is 0 Å². The third-order valence-corrected chi connectivity index (χ3v) is 6.31. The quantitative estimate of drug-likeness (QED) is 0.344. The van der Waals surface area contributed by atoms with Crippen LogP contribution < -0.4 is 10.5 Å². The van der Waals surface area contributed by atoms with Crippen LogP contribution in [0.1, 0.15) is 16.6 Å². The third-order valence-electron chi connectivity index (χ3n) is 4.70. The number of thiophene rings is 1. The molecule has 0 aliphatic heterocycles. The van der Waals surface area contributed by atoms with Crippen molar-refractivity contribution in [2.45, 2.75) is 6.92 Å². The topological polar surface area (TPSA) is 74.4 Å². The first-order chi connectivity index (χ1) is 14.5. The van der Waals surface area contributed by atoms with Gasteiger partial charge >= 0.3 is 5.97 Å². The zero-order chi connectivity index (χ0) is 21.3. The van der Waals surface area contributed by atoms with Crippen LogP contribution in [0, 0.1) is 0 Å². The Kier molecular flexibility index (Phi) is 5.74. The highest BCUT2D eigenvalue weighted by molar-refractivity contribution is 9.10. The van der Waals surface area contributed by atoms with E-state index in [1.807, 2.05) is 54.6 Å². The number of benzene rings is 2. The zero-order valence-corrected chi connectivity index (χ0v) is 18.8. The van der Waals surface area contributed by atoms with Crippen molar-refractivity contribution in [2.75, 3.05) is 19.5 Å². The lowest BCUT2D eigenvalue weighted by Crippen LogP contribution is -2.04. The molecule has 0 fully saturated rings. The number of rotatable bonds is 5. The van der Waals surface area contributed by atoms with Gasteiger partial charge < -0.3 is 15.2 Å². The van der Waals surface area contributed by atoms with Gasteiger partial charge in [-0.2, -0.15) is 0 Å². The second kappa shape index (κ2) is 8.45. The largest absolute Gasteiger partial charge is 0.497 e. The number of hydrogen-bond acceptors (Lipinski definition) is 6. The van der Waals surface area contributed by atoms with Crippen molar-refractivity contribution in [3.05, 3.63) is 63.9 Å². The number of nitrogens with two attached hydrogens (primary N) is 1. The number of pyridine rings is 1. The highest BCUT2D eigenvalue weighted by Crippen LogP contribution is 2.42. The first-order valence-electron chi connectivity index (χ1n) is 9.32. The standard InChI is InChI=1S/C23H19BrN2O3S/c1-3-29-23(27)21-20(25)19-17(13-6-10-16(28-2)11-7-13)12-18(26-22(19)30-21)14-4-8-15(24)9-5-14/h4-12H,3,25H2,1-2H3. The fourth-order valence-corrected chi connectivity index (χ4v) is 4.51. The first-order valence-corrected chi connectivity index (χ1v) is 10.9. The lowest BCUT2D eigenvalue weighted by atomic mass is 9.99. The van der Waals surface area contributed by atoms with E-state index in [1.54, 1.807) is 14.0 Å². The van der Waals surface area contributed by atoms with Gasteiger partial charge in [-0.15, -0.1) is 11.3 Å². The predicted octanol–water partition coefficient (Wildman–Crippen LogP) is 6.16. The monoisotopic (exact) mass is 482 g/mol. The fourth-order valence-electron chi connectivity index (χ4n) is 3.24. The number of anilines is 1. The van der Waals surface area contributed by atoms with Crippen LogP contribution in [-0.4, -0.2) is 24.7 Å². The maximum atomic E-state index is 12.4. The molecular formula is C23H19BrN2O3S. The highest BCUT2D eigenvalue weighted by Gasteiger charge is 2.22. The molecule has 0 atom stereocenters. The molecule has 7 heteroatoms. The Morgan fingerprint density at radius 3 is 2.40 bits per heavy atom. The molecule has 4 rings (SSSR count). The van der Waals surface area contributed by atoms with Crippen molar-refractivity contribution in [3.8, 4) is 28.1 Å². The van der Waals surface area contributed by atoms with Crippen molar-refractivity contribution in [2.24, 2.45) is 0 Å². The number of aromatic nitrogens is 1. The molecule has 2 aromatic heterocycles. The average molecular weight is 483 g/mol. The van der Waals surface area contributed by atoms with Gasteiger partial charge in [0.15, 0.2) is 0 Å². The number of carbonyl (C=O) groups excluding carboxylic acids is 1. The highest BCUT2D eigenvalue weighted by atomic mass is 79.9. The lowest BCUT2D eigenvalue weighted by Gasteiger charge is -2.10. The Balaban J connectivity index is 1.97. The fraction of sp³-hybridized carbons (Fsp3) is 0.130. The Labute approximate surface area is 186 Å². The zero-order valence-electron chi connectivity index (χ0n) is 16.4. The number of nitrogen functional groups attached to an aromatic ring is 1. The summed E-state index contributed by atoms with van der Waals surface area (Å²) in [5.74, 6) is 0.339. The Hall–Kier alpha value is -2.90. The van der Waals surface area contributed by atoms with Gasteiger partial charge in [0.2, 0.25) is 0 Å². The minimum absolute atomic E-state index is 0.287. The summed E-state index contributed by atoms with van der Waals surface area (Å²) in [4.78, 5) is 18.3. The van der Waals surface area contributed by atoms with Crippen LogP contribution in [-0.2, 0) is 4.74 Å². The molecular weight excluding hydrogens is 464 g/mol. The van der Waals surface area contributed by atoms with E-state index in [2.05, 4.69) is 15.9 Å². The first kappa shape index (κ1) is 20.4. The molecule has 2 N–H and O–H groups in total. The van der Waals surface area contributed by atoms with Gasteiger partial charge in [0.05, 0.1) is 25.1 Å². The van der Waals surface area contributed by atoms with E-state index in [-0.39, 0.29) is 6.61 Å². The van der Waals surface area contributed by atoms with E-state index in [1.165, 1.54) is 11.3 Å². The molecule has 0 amide bonds. The van der Waals surface area contributed by atoms with Crippen molar-refractivity contribution in [1.29, 1.82) is 0 Å².